The summed E-state index contributed by atoms with van der Waals surface area (Å²) in [6, 6.07) is 0. The Morgan fingerprint density at radius 1 is 1.50 bits per heavy atom. The second kappa shape index (κ2) is 5.31. The minimum absolute atomic E-state index is 0.463. The second-order valence-corrected chi connectivity index (χ2v) is 4.21. The smallest absolute Gasteiger partial charge is 0.120 e. The van der Waals surface area contributed by atoms with Gasteiger partial charge in [-0.25, -0.2) is 0 Å². The molecule has 0 aromatic heterocycles. The van der Waals surface area contributed by atoms with Gasteiger partial charge in [-0.05, 0) is 26.2 Å². The highest BCUT2D eigenvalue weighted by atomic mass is 16.3. The molecule has 0 aromatic rings. The maximum absolute atomic E-state index is 10.1. The van der Waals surface area contributed by atoms with Gasteiger partial charge in [0.15, 0.2) is 0 Å². The van der Waals surface area contributed by atoms with E-state index in [-0.39, 0.29) is 0 Å². The van der Waals surface area contributed by atoms with Crippen molar-refractivity contribution in [1.82, 2.24) is 0 Å². The summed E-state index contributed by atoms with van der Waals surface area (Å²) in [6.45, 7) is 5.70. The van der Waals surface area contributed by atoms with E-state index in [1.54, 1.807) is 0 Å². The first-order valence-electron chi connectivity index (χ1n) is 4.61. The van der Waals surface area contributed by atoms with Gasteiger partial charge < -0.3 is 9.90 Å². The Morgan fingerprint density at radius 3 is 2.50 bits per heavy atom. The lowest BCUT2D eigenvalue weighted by Gasteiger charge is -2.17. The Morgan fingerprint density at radius 2 is 2.08 bits per heavy atom. The quantitative estimate of drug-likeness (QED) is 0.623. The van der Waals surface area contributed by atoms with Crippen molar-refractivity contribution in [3.63, 3.8) is 0 Å². The van der Waals surface area contributed by atoms with Gasteiger partial charge in [-0.15, -0.1) is 0 Å². The first kappa shape index (κ1) is 11.6. The van der Waals surface area contributed by atoms with E-state index in [2.05, 4.69) is 6.92 Å². The summed E-state index contributed by atoms with van der Waals surface area (Å²) in [5, 5.41) is 9.39. The summed E-state index contributed by atoms with van der Waals surface area (Å²) in [7, 11) is 0. The number of hydrogen-bond donors (Lipinski definition) is 1. The van der Waals surface area contributed by atoms with Crippen molar-refractivity contribution in [2.45, 2.75) is 52.1 Å². The zero-order chi connectivity index (χ0) is 9.61. The van der Waals surface area contributed by atoms with Crippen LogP contribution >= 0.6 is 0 Å². The molecule has 0 aliphatic carbocycles. The second-order valence-electron chi connectivity index (χ2n) is 4.21. The van der Waals surface area contributed by atoms with E-state index >= 15 is 0 Å². The summed E-state index contributed by atoms with van der Waals surface area (Å²) in [4.78, 5) is 10.1. The van der Waals surface area contributed by atoms with Crippen molar-refractivity contribution < 1.29 is 9.90 Å². The number of aliphatic hydroxyl groups is 1. The number of carbonyl (C=O) groups is 1. The predicted molar refractivity (Wildman–Crippen MR) is 50.0 cm³/mol. The fourth-order valence-corrected chi connectivity index (χ4v) is 1.17. The van der Waals surface area contributed by atoms with Crippen LogP contribution < -0.4 is 0 Å². The summed E-state index contributed by atoms with van der Waals surface area (Å²) in [5.41, 5.74) is -0.555. The molecule has 0 amide bonds. The summed E-state index contributed by atoms with van der Waals surface area (Å²) in [5.74, 6) is 0.463. The number of hydrogen-bond acceptors (Lipinski definition) is 2. The van der Waals surface area contributed by atoms with E-state index in [0.29, 0.717) is 12.3 Å². The van der Waals surface area contributed by atoms with Crippen LogP contribution in [0.5, 0.6) is 0 Å². The van der Waals surface area contributed by atoms with Crippen molar-refractivity contribution in [2.24, 2.45) is 5.92 Å². The van der Waals surface area contributed by atoms with Crippen LogP contribution in [0.4, 0.5) is 0 Å². The Balaban J connectivity index is 3.36. The monoisotopic (exact) mass is 172 g/mol. The van der Waals surface area contributed by atoms with Gasteiger partial charge in [-0.3, -0.25) is 0 Å². The Labute approximate surface area is 75.0 Å². The van der Waals surface area contributed by atoms with Crippen LogP contribution in [0.3, 0.4) is 0 Å². The van der Waals surface area contributed by atoms with Crippen LogP contribution in [0.25, 0.3) is 0 Å². The molecule has 2 nitrogen and oxygen atoms in total. The molecule has 2 heteroatoms. The molecule has 1 atom stereocenters. The van der Waals surface area contributed by atoms with Gasteiger partial charge >= 0.3 is 0 Å². The van der Waals surface area contributed by atoms with E-state index in [4.69, 9.17) is 0 Å². The summed E-state index contributed by atoms with van der Waals surface area (Å²) < 4.78 is 0. The largest absolute Gasteiger partial charge is 0.390 e. The molecule has 0 bridgehead atoms. The molecule has 0 unspecified atom stereocenters. The van der Waals surface area contributed by atoms with E-state index in [1.807, 2.05) is 13.8 Å². The first-order chi connectivity index (χ1) is 5.45. The van der Waals surface area contributed by atoms with Crippen LogP contribution in [-0.4, -0.2) is 17.0 Å². The molecular formula is C10H20O2. The topological polar surface area (TPSA) is 37.3 Å². The van der Waals surface area contributed by atoms with Crippen LogP contribution in [0, 0.1) is 5.92 Å². The molecule has 12 heavy (non-hydrogen) atoms. The SMILES string of the molecule is C[C@@H](CC=O)CCCC(C)(C)O. The normalized spacial score (nSPS) is 14.3. The van der Waals surface area contributed by atoms with Gasteiger partial charge in [0.05, 0.1) is 5.60 Å². The minimum Gasteiger partial charge on any atom is -0.390 e. The van der Waals surface area contributed by atoms with Crippen molar-refractivity contribution in [1.29, 1.82) is 0 Å². The molecule has 1 N–H and O–H groups in total. The molecule has 0 radical (unpaired) electrons. The van der Waals surface area contributed by atoms with Crippen molar-refractivity contribution in [3.8, 4) is 0 Å². The zero-order valence-corrected chi connectivity index (χ0v) is 8.34. The van der Waals surface area contributed by atoms with Gasteiger partial charge in [0.2, 0.25) is 0 Å². The van der Waals surface area contributed by atoms with E-state index in [0.717, 1.165) is 25.5 Å². The molecule has 0 rings (SSSR count). The third kappa shape index (κ3) is 7.73. The van der Waals surface area contributed by atoms with Crippen LogP contribution in [0.1, 0.15) is 46.5 Å². The number of carbonyl (C=O) groups excluding carboxylic acids is 1. The molecule has 0 fully saturated rings. The maximum atomic E-state index is 10.1. The first-order valence-corrected chi connectivity index (χ1v) is 4.61. The lowest BCUT2D eigenvalue weighted by Crippen LogP contribution is -2.18. The zero-order valence-electron chi connectivity index (χ0n) is 8.34. The minimum atomic E-state index is -0.555. The van der Waals surface area contributed by atoms with Crippen molar-refractivity contribution >= 4 is 6.29 Å². The van der Waals surface area contributed by atoms with Gasteiger partial charge in [0.1, 0.15) is 6.29 Å². The lowest BCUT2D eigenvalue weighted by atomic mass is 9.96. The maximum Gasteiger partial charge on any atom is 0.120 e. The van der Waals surface area contributed by atoms with Crippen molar-refractivity contribution in [2.75, 3.05) is 0 Å². The Hall–Kier alpha value is -0.370. The Bertz CT molecular complexity index is 124. The molecule has 0 saturated heterocycles. The van der Waals surface area contributed by atoms with Gasteiger partial charge in [0.25, 0.3) is 0 Å². The van der Waals surface area contributed by atoms with Gasteiger partial charge in [0, 0.05) is 6.42 Å². The van der Waals surface area contributed by atoms with E-state index < -0.39 is 5.60 Å². The third-order valence-corrected chi connectivity index (χ3v) is 1.98. The third-order valence-electron chi connectivity index (χ3n) is 1.98. The van der Waals surface area contributed by atoms with Crippen LogP contribution in [0.2, 0.25) is 0 Å². The van der Waals surface area contributed by atoms with Gasteiger partial charge in [-0.1, -0.05) is 19.8 Å². The highest BCUT2D eigenvalue weighted by Crippen LogP contribution is 2.16. The molecular weight excluding hydrogens is 152 g/mol. The highest BCUT2D eigenvalue weighted by molar-refractivity contribution is 5.49. The number of rotatable bonds is 6. The molecule has 0 aromatic carbocycles. The molecule has 0 saturated carbocycles. The summed E-state index contributed by atoms with van der Waals surface area (Å²) >= 11 is 0. The fraction of sp³-hybridized carbons (Fsp3) is 0.900. The summed E-state index contributed by atoms with van der Waals surface area (Å²) in [6.07, 6.45) is 4.46. The highest BCUT2D eigenvalue weighted by Gasteiger charge is 2.12. The van der Waals surface area contributed by atoms with Crippen molar-refractivity contribution in [3.05, 3.63) is 0 Å². The molecule has 72 valence electrons. The number of aldehydes is 1. The average molecular weight is 172 g/mol. The van der Waals surface area contributed by atoms with E-state index in [1.165, 1.54) is 0 Å². The average Bonchev–Trinajstić information content (AvgIpc) is 1.84. The molecule has 0 aliphatic heterocycles. The molecule has 0 aliphatic rings. The standard InChI is InChI=1S/C10H20O2/c1-9(6-8-11)5-4-7-10(2,3)12/h8-9,12H,4-7H2,1-3H3/t9-/m1/s1. The van der Waals surface area contributed by atoms with E-state index in [9.17, 15) is 9.90 Å². The van der Waals surface area contributed by atoms with Gasteiger partial charge in [-0.2, -0.15) is 0 Å². The Kier molecular flexibility index (Phi) is 5.14. The van der Waals surface area contributed by atoms with Crippen LogP contribution in [0.15, 0.2) is 0 Å². The van der Waals surface area contributed by atoms with Crippen LogP contribution in [-0.2, 0) is 4.79 Å². The lowest BCUT2D eigenvalue weighted by molar-refractivity contribution is -0.108. The predicted octanol–water partition coefficient (Wildman–Crippen LogP) is 2.15. The molecule has 0 spiro atoms. The fourth-order valence-electron chi connectivity index (χ4n) is 1.17. The molecule has 0 heterocycles.